The van der Waals surface area contributed by atoms with Crippen LogP contribution in [0.15, 0.2) is 48.7 Å². The summed E-state index contributed by atoms with van der Waals surface area (Å²) in [6.07, 6.45) is 2.05. The second-order valence-corrected chi connectivity index (χ2v) is 6.94. The lowest BCUT2D eigenvalue weighted by molar-refractivity contribution is 0.0942. The molecular weight excluding hydrogens is 359 g/mol. The fourth-order valence-corrected chi connectivity index (χ4v) is 2.84. The number of carbonyl (C=O) groups is 2. The Kier molecular flexibility index (Phi) is 6.03. The van der Waals surface area contributed by atoms with Crippen LogP contribution in [-0.2, 0) is 6.42 Å². The lowest BCUT2D eigenvalue weighted by Crippen LogP contribution is -2.29. The first kappa shape index (κ1) is 19.5. The van der Waals surface area contributed by atoms with Crippen molar-refractivity contribution in [1.29, 1.82) is 0 Å². The van der Waals surface area contributed by atoms with E-state index in [1.54, 1.807) is 47.0 Å². The van der Waals surface area contributed by atoms with Gasteiger partial charge in [-0.15, -0.1) is 0 Å². The van der Waals surface area contributed by atoms with Gasteiger partial charge in [-0.05, 0) is 36.1 Å². The molecule has 0 saturated carbocycles. The highest BCUT2D eigenvalue weighted by Crippen LogP contribution is 2.14. The van der Waals surface area contributed by atoms with Crippen LogP contribution in [0, 0.1) is 11.7 Å². The minimum Gasteiger partial charge on any atom is -0.350 e. The average Bonchev–Trinajstić information content (AvgIpc) is 3.07. The van der Waals surface area contributed by atoms with Crippen molar-refractivity contribution in [2.75, 3.05) is 13.1 Å². The summed E-state index contributed by atoms with van der Waals surface area (Å²) in [6.45, 7) is 4.78. The molecule has 6 nitrogen and oxygen atoms in total. The number of rotatable bonds is 7. The zero-order valence-electron chi connectivity index (χ0n) is 15.9. The zero-order chi connectivity index (χ0) is 20.1. The fourth-order valence-electron chi connectivity index (χ4n) is 2.84. The molecule has 0 atom stereocenters. The topological polar surface area (TPSA) is 75.5 Å². The molecule has 0 fully saturated rings. The largest absolute Gasteiger partial charge is 0.350 e. The average molecular weight is 382 g/mol. The van der Waals surface area contributed by atoms with Crippen molar-refractivity contribution in [3.8, 4) is 0 Å². The maximum absolute atomic E-state index is 13.7. The summed E-state index contributed by atoms with van der Waals surface area (Å²) >= 11 is 0. The van der Waals surface area contributed by atoms with E-state index >= 15 is 0 Å². The number of halogens is 1. The molecule has 0 bridgehead atoms. The van der Waals surface area contributed by atoms with Crippen LogP contribution in [0.25, 0.3) is 5.52 Å². The molecule has 1 aromatic carbocycles. The Hall–Kier alpha value is -3.22. The Balaban J connectivity index is 1.76. The first-order valence-corrected chi connectivity index (χ1v) is 9.24. The van der Waals surface area contributed by atoms with E-state index in [0.29, 0.717) is 30.0 Å². The third kappa shape index (κ3) is 4.36. The molecule has 0 saturated heterocycles. The lowest BCUT2D eigenvalue weighted by Gasteiger charge is -2.05. The summed E-state index contributed by atoms with van der Waals surface area (Å²) in [7, 11) is 0. The van der Waals surface area contributed by atoms with E-state index < -0.39 is 5.91 Å². The molecule has 146 valence electrons. The van der Waals surface area contributed by atoms with Gasteiger partial charge in [-0.1, -0.05) is 38.1 Å². The molecule has 2 N–H and O–H groups in total. The maximum Gasteiger partial charge on any atom is 0.287 e. The van der Waals surface area contributed by atoms with E-state index in [-0.39, 0.29) is 29.8 Å². The number of amides is 2. The molecule has 7 heteroatoms. The molecule has 2 amide bonds. The summed E-state index contributed by atoms with van der Waals surface area (Å²) in [5, 5.41) is 5.57. The number of fused-ring (bicyclic) bond motifs is 1. The monoisotopic (exact) mass is 382 g/mol. The van der Waals surface area contributed by atoms with E-state index in [2.05, 4.69) is 15.6 Å². The van der Waals surface area contributed by atoms with Gasteiger partial charge in [0.15, 0.2) is 5.69 Å². The number of nitrogens with zero attached hydrogens (tertiary/aromatic N) is 2. The van der Waals surface area contributed by atoms with Crippen LogP contribution in [0.2, 0.25) is 0 Å². The minimum absolute atomic E-state index is 0.124. The van der Waals surface area contributed by atoms with Crippen molar-refractivity contribution < 1.29 is 14.0 Å². The Morgan fingerprint density at radius 1 is 1.07 bits per heavy atom. The highest BCUT2D eigenvalue weighted by molar-refractivity contribution is 6.02. The molecule has 0 aliphatic carbocycles. The highest BCUT2D eigenvalue weighted by Gasteiger charge is 2.21. The van der Waals surface area contributed by atoms with E-state index in [0.717, 1.165) is 0 Å². The Labute approximate surface area is 162 Å². The van der Waals surface area contributed by atoms with Crippen molar-refractivity contribution >= 4 is 17.3 Å². The molecule has 0 aliphatic heterocycles. The SMILES string of the molecule is CC(C)CNC(=O)c1nc(C(=O)NCCc2ccccc2F)n2ccccc12. The molecule has 0 unspecified atom stereocenters. The number of pyridine rings is 1. The van der Waals surface area contributed by atoms with Crippen molar-refractivity contribution in [3.63, 3.8) is 0 Å². The van der Waals surface area contributed by atoms with Crippen molar-refractivity contribution in [1.82, 2.24) is 20.0 Å². The maximum atomic E-state index is 13.7. The number of carbonyl (C=O) groups excluding carboxylic acids is 2. The molecule has 2 heterocycles. The van der Waals surface area contributed by atoms with Gasteiger partial charge in [0.25, 0.3) is 11.8 Å². The minimum atomic E-state index is -0.416. The number of imidazole rings is 1. The van der Waals surface area contributed by atoms with Crippen LogP contribution in [0.5, 0.6) is 0 Å². The van der Waals surface area contributed by atoms with Crippen molar-refractivity contribution in [2.24, 2.45) is 5.92 Å². The second kappa shape index (κ2) is 8.65. The van der Waals surface area contributed by atoms with Crippen LogP contribution < -0.4 is 10.6 Å². The number of aromatic nitrogens is 2. The Bertz CT molecular complexity index is 997. The standard InChI is InChI=1S/C21H23FN4O2/c1-14(2)13-24-20(27)18-17-9-5-6-12-26(17)19(25-18)21(28)23-11-10-15-7-3-4-8-16(15)22/h3-9,12,14H,10-11,13H2,1-2H3,(H,23,28)(H,24,27). The first-order chi connectivity index (χ1) is 13.5. The summed E-state index contributed by atoms with van der Waals surface area (Å²) in [5.74, 6) is -0.604. The zero-order valence-corrected chi connectivity index (χ0v) is 15.9. The van der Waals surface area contributed by atoms with Gasteiger partial charge >= 0.3 is 0 Å². The molecular formula is C21H23FN4O2. The third-order valence-corrected chi connectivity index (χ3v) is 4.28. The number of nitrogens with one attached hydrogen (secondary N) is 2. The molecule has 0 aliphatic rings. The van der Waals surface area contributed by atoms with Gasteiger partial charge in [-0.25, -0.2) is 9.37 Å². The highest BCUT2D eigenvalue weighted by atomic mass is 19.1. The van der Waals surface area contributed by atoms with Crippen LogP contribution in [0.3, 0.4) is 0 Å². The summed E-state index contributed by atoms with van der Waals surface area (Å²) in [5.41, 5.74) is 1.30. The van der Waals surface area contributed by atoms with Crippen LogP contribution >= 0.6 is 0 Å². The van der Waals surface area contributed by atoms with E-state index in [1.165, 1.54) is 6.07 Å². The normalized spacial score (nSPS) is 11.0. The predicted molar refractivity (Wildman–Crippen MR) is 105 cm³/mol. The van der Waals surface area contributed by atoms with Gasteiger partial charge in [0.1, 0.15) is 5.82 Å². The summed E-state index contributed by atoms with van der Waals surface area (Å²) in [4.78, 5) is 29.4. The number of benzene rings is 1. The summed E-state index contributed by atoms with van der Waals surface area (Å²) < 4.78 is 15.3. The Morgan fingerprint density at radius 2 is 1.82 bits per heavy atom. The van der Waals surface area contributed by atoms with Gasteiger partial charge < -0.3 is 10.6 Å². The number of hydrogen-bond acceptors (Lipinski definition) is 3. The second-order valence-electron chi connectivity index (χ2n) is 6.94. The van der Waals surface area contributed by atoms with E-state index in [1.807, 2.05) is 13.8 Å². The fraction of sp³-hybridized carbons (Fsp3) is 0.286. The van der Waals surface area contributed by atoms with Crippen molar-refractivity contribution in [3.05, 3.63) is 71.6 Å². The van der Waals surface area contributed by atoms with Gasteiger partial charge in [0, 0.05) is 19.3 Å². The lowest BCUT2D eigenvalue weighted by atomic mass is 10.1. The molecule has 0 spiro atoms. The van der Waals surface area contributed by atoms with Crippen LogP contribution in [-0.4, -0.2) is 34.3 Å². The molecule has 3 rings (SSSR count). The van der Waals surface area contributed by atoms with Gasteiger partial charge in [0.05, 0.1) is 5.52 Å². The quantitative estimate of drug-likeness (QED) is 0.660. The number of hydrogen-bond donors (Lipinski definition) is 2. The molecule has 0 radical (unpaired) electrons. The Morgan fingerprint density at radius 3 is 2.57 bits per heavy atom. The van der Waals surface area contributed by atoms with E-state index in [9.17, 15) is 14.0 Å². The molecule has 3 aromatic rings. The first-order valence-electron chi connectivity index (χ1n) is 9.24. The van der Waals surface area contributed by atoms with Gasteiger partial charge in [0.2, 0.25) is 5.82 Å². The smallest absolute Gasteiger partial charge is 0.287 e. The van der Waals surface area contributed by atoms with Gasteiger partial charge in [-0.3, -0.25) is 14.0 Å². The van der Waals surface area contributed by atoms with E-state index in [4.69, 9.17) is 0 Å². The van der Waals surface area contributed by atoms with Gasteiger partial charge in [-0.2, -0.15) is 0 Å². The van der Waals surface area contributed by atoms with Crippen LogP contribution in [0.4, 0.5) is 4.39 Å². The predicted octanol–water partition coefficient (Wildman–Crippen LogP) is 2.83. The van der Waals surface area contributed by atoms with Crippen molar-refractivity contribution in [2.45, 2.75) is 20.3 Å². The molecule has 28 heavy (non-hydrogen) atoms. The van der Waals surface area contributed by atoms with Crippen LogP contribution in [0.1, 0.15) is 40.5 Å². The summed E-state index contributed by atoms with van der Waals surface area (Å²) in [6, 6.07) is 11.7. The molecule has 2 aromatic heterocycles. The third-order valence-electron chi connectivity index (χ3n) is 4.28.